The molecule has 3 N–H and O–H groups in total. The van der Waals surface area contributed by atoms with Gasteiger partial charge in [-0.3, -0.25) is 4.79 Å². The van der Waals surface area contributed by atoms with Gasteiger partial charge >= 0.3 is 0 Å². The molecular formula is C15H19N3O4S. The maximum atomic E-state index is 12.1. The molecular weight excluding hydrogens is 318 g/mol. The van der Waals surface area contributed by atoms with Gasteiger partial charge < -0.3 is 9.84 Å². The van der Waals surface area contributed by atoms with Crippen LogP contribution in [0, 0.1) is 0 Å². The summed E-state index contributed by atoms with van der Waals surface area (Å²) in [6.07, 6.45) is 1.83. The predicted molar refractivity (Wildman–Crippen MR) is 85.6 cm³/mol. The summed E-state index contributed by atoms with van der Waals surface area (Å²) < 4.78 is 27.4. The topological polar surface area (TPSA) is 115 Å². The average Bonchev–Trinajstić information content (AvgIpc) is 2.98. The quantitative estimate of drug-likeness (QED) is 0.840. The summed E-state index contributed by atoms with van der Waals surface area (Å²) in [4.78, 5) is 12.1. The van der Waals surface area contributed by atoms with Crippen LogP contribution in [-0.2, 0) is 10.0 Å². The summed E-state index contributed by atoms with van der Waals surface area (Å²) in [6, 6.07) is 7.18. The molecule has 7 nitrogen and oxygen atoms in total. The highest BCUT2D eigenvalue weighted by Crippen LogP contribution is 2.23. The van der Waals surface area contributed by atoms with Gasteiger partial charge in [0, 0.05) is 17.7 Å². The third-order valence-corrected chi connectivity index (χ3v) is 4.53. The zero-order valence-corrected chi connectivity index (χ0v) is 13.8. The molecule has 2 rings (SSSR count). The van der Waals surface area contributed by atoms with Crippen LogP contribution >= 0.6 is 0 Å². The van der Waals surface area contributed by atoms with Crippen molar-refractivity contribution in [3.63, 3.8) is 0 Å². The molecule has 0 saturated heterocycles. The van der Waals surface area contributed by atoms with Crippen LogP contribution in [0.1, 0.15) is 48.9 Å². The van der Waals surface area contributed by atoms with Crippen molar-refractivity contribution in [1.82, 2.24) is 5.16 Å². The number of sulfonamides is 1. The standard InChI is InChI=1S/C15H19N3O4S/c1-3-10(4-2)13-9-14(22-18-13)15(19)17-11-5-7-12(8-6-11)23(16,20)21/h5-10H,3-4H2,1-2H3,(H,17,19)(H2,16,20,21). The van der Waals surface area contributed by atoms with E-state index in [0.717, 1.165) is 18.5 Å². The number of amides is 1. The van der Waals surface area contributed by atoms with E-state index >= 15 is 0 Å². The Balaban J connectivity index is 2.10. The van der Waals surface area contributed by atoms with Crippen molar-refractivity contribution in [3.05, 3.63) is 41.8 Å². The lowest BCUT2D eigenvalue weighted by atomic mass is 9.99. The van der Waals surface area contributed by atoms with Crippen LogP contribution in [-0.4, -0.2) is 19.5 Å². The van der Waals surface area contributed by atoms with Gasteiger partial charge in [0.25, 0.3) is 5.91 Å². The average molecular weight is 337 g/mol. The molecule has 0 radical (unpaired) electrons. The monoisotopic (exact) mass is 337 g/mol. The predicted octanol–water partition coefficient (Wildman–Crippen LogP) is 2.48. The lowest BCUT2D eigenvalue weighted by Gasteiger charge is -2.06. The number of primary sulfonamides is 1. The highest BCUT2D eigenvalue weighted by molar-refractivity contribution is 7.89. The fraction of sp³-hybridized carbons (Fsp3) is 0.333. The molecule has 0 bridgehead atoms. The number of carbonyl (C=O) groups excluding carboxylic acids is 1. The summed E-state index contributed by atoms with van der Waals surface area (Å²) in [6.45, 7) is 4.10. The molecule has 0 unspecified atom stereocenters. The minimum absolute atomic E-state index is 0.0221. The van der Waals surface area contributed by atoms with Gasteiger partial charge in [0.2, 0.25) is 15.8 Å². The van der Waals surface area contributed by atoms with Crippen LogP contribution in [0.25, 0.3) is 0 Å². The molecule has 124 valence electrons. The van der Waals surface area contributed by atoms with Crippen LogP contribution in [0.15, 0.2) is 39.8 Å². The molecule has 2 aromatic rings. The van der Waals surface area contributed by atoms with Gasteiger partial charge in [-0.2, -0.15) is 0 Å². The number of hydrogen-bond donors (Lipinski definition) is 2. The third kappa shape index (κ3) is 4.17. The van der Waals surface area contributed by atoms with Gasteiger partial charge in [0.1, 0.15) is 0 Å². The fourth-order valence-corrected chi connectivity index (χ4v) is 2.73. The van der Waals surface area contributed by atoms with Gasteiger partial charge in [-0.05, 0) is 37.1 Å². The molecule has 8 heteroatoms. The molecule has 0 aliphatic rings. The first-order valence-corrected chi connectivity index (χ1v) is 8.80. The summed E-state index contributed by atoms with van der Waals surface area (Å²) in [5, 5.41) is 11.6. The Hall–Kier alpha value is -2.19. The number of anilines is 1. The molecule has 0 spiro atoms. The highest BCUT2D eigenvalue weighted by atomic mass is 32.2. The van der Waals surface area contributed by atoms with Crippen LogP contribution < -0.4 is 10.5 Å². The molecule has 0 atom stereocenters. The molecule has 0 aliphatic heterocycles. The van der Waals surface area contributed by atoms with Crippen molar-refractivity contribution in [3.8, 4) is 0 Å². The summed E-state index contributed by atoms with van der Waals surface area (Å²) in [7, 11) is -3.75. The number of carbonyl (C=O) groups is 1. The number of nitrogens with one attached hydrogen (secondary N) is 1. The molecule has 1 aromatic heterocycles. The Morgan fingerprint density at radius 3 is 2.39 bits per heavy atom. The Morgan fingerprint density at radius 1 is 1.26 bits per heavy atom. The maximum absolute atomic E-state index is 12.1. The second kappa shape index (κ2) is 6.93. The van der Waals surface area contributed by atoms with E-state index in [0.29, 0.717) is 5.69 Å². The van der Waals surface area contributed by atoms with E-state index in [1.165, 1.54) is 24.3 Å². The second-order valence-corrected chi connectivity index (χ2v) is 6.71. The van der Waals surface area contributed by atoms with Gasteiger partial charge in [-0.15, -0.1) is 0 Å². The van der Waals surface area contributed by atoms with Crippen molar-refractivity contribution >= 4 is 21.6 Å². The number of nitrogens with two attached hydrogens (primary N) is 1. The van der Waals surface area contributed by atoms with Crippen molar-refractivity contribution in [2.75, 3.05) is 5.32 Å². The molecule has 0 aliphatic carbocycles. The lowest BCUT2D eigenvalue weighted by molar-refractivity contribution is 0.0987. The summed E-state index contributed by atoms with van der Waals surface area (Å²) >= 11 is 0. The lowest BCUT2D eigenvalue weighted by Crippen LogP contribution is -2.13. The number of benzene rings is 1. The van der Waals surface area contributed by atoms with E-state index in [-0.39, 0.29) is 16.6 Å². The highest BCUT2D eigenvalue weighted by Gasteiger charge is 2.17. The number of aromatic nitrogens is 1. The largest absolute Gasteiger partial charge is 0.351 e. The summed E-state index contributed by atoms with van der Waals surface area (Å²) in [5.41, 5.74) is 1.19. The van der Waals surface area contributed by atoms with Crippen LogP contribution in [0.5, 0.6) is 0 Å². The van der Waals surface area contributed by atoms with Crippen LogP contribution in [0.3, 0.4) is 0 Å². The van der Waals surface area contributed by atoms with E-state index in [1.807, 2.05) is 0 Å². The molecule has 0 saturated carbocycles. The van der Waals surface area contributed by atoms with E-state index in [9.17, 15) is 13.2 Å². The van der Waals surface area contributed by atoms with Crippen molar-refractivity contribution in [2.24, 2.45) is 5.14 Å². The van der Waals surface area contributed by atoms with E-state index < -0.39 is 15.9 Å². The first-order chi connectivity index (χ1) is 10.8. The third-order valence-electron chi connectivity index (χ3n) is 3.60. The Labute approximate surface area is 134 Å². The number of hydrogen-bond acceptors (Lipinski definition) is 5. The fourth-order valence-electron chi connectivity index (χ4n) is 2.22. The van der Waals surface area contributed by atoms with E-state index in [1.54, 1.807) is 6.07 Å². The number of nitrogens with zero attached hydrogens (tertiary/aromatic N) is 1. The zero-order valence-electron chi connectivity index (χ0n) is 12.9. The van der Waals surface area contributed by atoms with Gasteiger partial charge in [0.15, 0.2) is 0 Å². The van der Waals surface area contributed by atoms with Gasteiger partial charge in [-0.1, -0.05) is 19.0 Å². The van der Waals surface area contributed by atoms with Crippen molar-refractivity contribution in [2.45, 2.75) is 37.5 Å². The second-order valence-electron chi connectivity index (χ2n) is 5.15. The van der Waals surface area contributed by atoms with Crippen molar-refractivity contribution in [1.29, 1.82) is 0 Å². The minimum atomic E-state index is -3.75. The zero-order chi connectivity index (χ0) is 17.0. The number of rotatable bonds is 6. The Morgan fingerprint density at radius 2 is 1.87 bits per heavy atom. The molecule has 1 aromatic carbocycles. The first kappa shape index (κ1) is 17.2. The molecule has 1 heterocycles. The maximum Gasteiger partial charge on any atom is 0.294 e. The van der Waals surface area contributed by atoms with Crippen LogP contribution in [0.4, 0.5) is 5.69 Å². The summed E-state index contributed by atoms with van der Waals surface area (Å²) in [5.74, 6) is -0.0742. The van der Waals surface area contributed by atoms with Gasteiger partial charge in [-0.25, -0.2) is 13.6 Å². The smallest absolute Gasteiger partial charge is 0.294 e. The minimum Gasteiger partial charge on any atom is -0.351 e. The van der Waals surface area contributed by atoms with Gasteiger partial charge in [0.05, 0.1) is 10.6 Å². The van der Waals surface area contributed by atoms with Crippen LogP contribution in [0.2, 0.25) is 0 Å². The first-order valence-electron chi connectivity index (χ1n) is 7.26. The Kier molecular flexibility index (Phi) is 5.17. The van der Waals surface area contributed by atoms with Crippen molar-refractivity contribution < 1.29 is 17.7 Å². The van der Waals surface area contributed by atoms with E-state index in [2.05, 4.69) is 24.3 Å². The SMILES string of the molecule is CCC(CC)c1cc(C(=O)Nc2ccc(S(N)(=O)=O)cc2)on1. The van der Waals surface area contributed by atoms with E-state index in [4.69, 9.17) is 9.66 Å². The molecule has 0 fully saturated rings. The normalized spacial score (nSPS) is 11.7. The molecule has 1 amide bonds. The Bertz CT molecular complexity index is 777. The molecule has 23 heavy (non-hydrogen) atoms.